The van der Waals surface area contributed by atoms with Crippen molar-refractivity contribution in [3.8, 4) is 0 Å². The lowest BCUT2D eigenvalue weighted by Crippen LogP contribution is -2.49. The average Bonchev–Trinajstić information content (AvgIpc) is 2.90. The molecule has 1 N–H and O–H groups in total. The Kier molecular flexibility index (Phi) is 4.87. The van der Waals surface area contributed by atoms with Crippen LogP contribution in [0.5, 0.6) is 0 Å². The number of halogens is 1. The zero-order valence-electron chi connectivity index (χ0n) is 11.5. The molecule has 1 aromatic carbocycles. The van der Waals surface area contributed by atoms with Crippen LogP contribution in [0.25, 0.3) is 0 Å². The smallest absolute Gasteiger partial charge is 0.227 e. The fourth-order valence-electron chi connectivity index (χ4n) is 2.95. The van der Waals surface area contributed by atoms with Gasteiger partial charge >= 0.3 is 0 Å². The molecule has 1 amide bonds. The summed E-state index contributed by atoms with van der Waals surface area (Å²) in [6.45, 7) is 2.05. The normalized spacial score (nSPS) is 19.1. The molecule has 3 heteroatoms. The van der Waals surface area contributed by atoms with E-state index in [4.69, 9.17) is 11.6 Å². The zero-order chi connectivity index (χ0) is 13.7. The summed E-state index contributed by atoms with van der Waals surface area (Å²) in [5, 5.41) is 3.22. The van der Waals surface area contributed by atoms with Crippen molar-refractivity contribution in [1.29, 1.82) is 0 Å². The van der Waals surface area contributed by atoms with E-state index in [0.29, 0.717) is 5.88 Å². The molecule has 1 unspecified atom stereocenters. The Labute approximate surface area is 120 Å². The number of rotatable bonds is 5. The topological polar surface area (TPSA) is 29.1 Å². The minimum Gasteiger partial charge on any atom is -0.349 e. The predicted octanol–water partition coefficient (Wildman–Crippen LogP) is 3.85. The molecule has 0 spiro atoms. The van der Waals surface area contributed by atoms with Crippen molar-refractivity contribution in [3.63, 3.8) is 0 Å². The van der Waals surface area contributed by atoms with Crippen LogP contribution in [0.1, 0.15) is 50.5 Å². The number of amides is 1. The van der Waals surface area contributed by atoms with E-state index < -0.39 is 0 Å². The van der Waals surface area contributed by atoms with E-state index in [-0.39, 0.29) is 17.4 Å². The van der Waals surface area contributed by atoms with Crippen LogP contribution in [0.15, 0.2) is 30.3 Å². The maximum absolute atomic E-state index is 12.5. The van der Waals surface area contributed by atoms with Crippen molar-refractivity contribution in [2.45, 2.75) is 50.5 Å². The van der Waals surface area contributed by atoms with Crippen LogP contribution in [-0.4, -0.2) is 17.3 Å². The molecule has 1 atom stereocenters. The maximum atomic E-state index is 12.5. The van der Waals surface area contributed by atoms with Gasteiger partial charge in [0.05, 0.1) is 11.5 Å². The third-order valence-corrected chi connectivity index (χ3v) is 4.64. The first kappa shape index (κ1) is 14.4. The van der Waals surface area contributed by atoms with Gasteiger partial charge < -0.3 is 5.32 Å². The second-order valence-electron chi connectivity index (χ2n) is 5.48. The van der Waals surface area contributed by atoms with Gasteiger partial charge in [0.15, 0.2) is 0 Å². The molecule has 1 aromatic rings. The molecule has 2 nitrogen and oxygen atoms in total. The molecule has 0 heterocycles. The number of alkyl halides is 1. The van der Waals surface area contributed by atoms with E-state index in [1.54, 1.807) is 0 Å². The average molecular weight is 280 g/mol. The molecular weight excluding hydrogens is 258 g/mol. The molecular formula is C16H22ClNO. The van der Waals surface area contributed by atoms with Gasteiger partial charge in [-0.05, 0) is 24.8 Å². The van der Waals surface area contributed by atoms with E-state index >= 15 is 0 Å². The summed E-state index contributed by atoms with van der Waals surface area (Å²) in [6.07, 6.45) is 5.15. The molecule has 1 aliphatic carbocycles. The highest BCUT2D eigenvalue weighted by molar-refractivity contribution is 6.18. The standard InChI is InChI=1S/C16H22ClNO/c1-2-14(13-8-4-3-5-9-13)15(19)18-16(12-17)10-6-7-11-16/h3-5,8-9,14H,2,6-7,10-12H2,1H3,(H,18,19). The Morgan fingerprint density at radius 3 is 2.47 bits per heavy atom. The molecule has 1 saturated carbocycles. The van der Waals surface area contributed by atoms with Crippen molar-refractivity contribution in [3.05, 3.63) is 35.9 Å². The van der Waals surface area contributed by atoms with E-state index in [9.17, 15) is 4.79 Å². The minimum atomic E-state index is -0.166. The molecule has 1 fully saturated rings. The second-order valence-corrected chi connectivity index (χ2v) is 5.75. The van der Waals surface area contributed by atoms with Crippen LogP contribution < -0.4 is 5.32 Å². The first-order valence-electron chi connectivity index (χ1n) is 7.14. The van der Waals surface area contributed by atoms with Crippen molar-refractivity contribution < 1.29 is 4.79 Å². The monoisotopic (exact) mass is 279 g/mol. The summed E-state index contributed by atoms with van der Waals surface area (Å²) in [7, 11) is 0. The van der Waals surface area contributed by atoms with Gasteiger partial charge in [-0.25, -0.2) is 0 Å². The summed E-state index contributed by atoms with van der Waals surface area (Å²) in [4.78, 5) is 12.5. The predicted molar refractivity (Wildman–Crippen MR) is 79.5 cm³/mol. The highest BCUT2D eigenvalue weighted by atomic mass is 35.5. The Bertz CT molecular complexity index is 412. The second kappa shape index (κ2) is 6.42. The first-order chi connectivity index (χ1) is 9.21. The van der Waals surface area contributed by atoms with Crippen LogP contribution in [0.3, 0.4) is 0 Å². The van der Waals surface area contributed by atoms with Gasteiger partial charge in [0, 0.05) is 5.88 Å². The molecule has 2 rings (SSSR count). The van der Waals surface area contributed by atoms with E-state index in [0.717, 1.165) is 37.7 Å². The summed E-state index contributed by atoms with van der Waals surface area (Å²) in [5.74, 6) is 0.572. The molecule has 0 saturated heterocycles. The Hall–Kier alpha value is -1.02. The lowest BCUT2D eigenvalue weighted by molar-refractivity contribution is -0.124. The van der Waals surface area contributed by atoms with Gasteiger partial charge in [-0.3, -0.25) is 4.79 Å². The lowest BCUT2D eigenvalue weighted by atomic mass is 9.93. The van der Waals surface area contributed by atoms with Gasteiger partial charge in [0.25, 0.3) is 0 Å². The Morgan fingerprint density at radius 1 is 1.32 bits per heavy atom. The third-order valence-electron chi connectivity index (χ3n) is 4.13. The molecule has 0 bridgehead atoms. The molecule has 104 valence electrons. The summed E-state index contributed by atoms with van der Waals surface area (Å²) in [5.41, 5.74) is 0.922. The van der Waals surface area contributed by atoms with Crippen molar-refractivity contribution >= 4 is 17.5 Å². The quantitative estimate of drug-likeness (QED) is 0.815. The highest BCUT2D eigenvalue weighted by Crippen LogP contribution is 2.32. The van der Waals surface area contributed by atoms with E-state index in [1.807, 2.05) is 30.3 Å². The number of hydrogen-bond acceptors (Lipinski definition) is 1. The van der Waals surface area contributed by atoms with Gasteiger partial charge in [-0.1, -0.05) is 50.1 Å². The van der Waals surface area contributed by atoms with E-state index in [2.05, 4.69) is 12.2 Å². The fourth-order valence-corrected chi connectivity index (χ4v) is 3.28. The number of carbonyl (C=O) groups is 1. The number of hydrogen-bond donors (Lipinski definition) is 1. The van der Waals surface area contributed by atoms with Crippen LogP contribution in [0, 0.1) is 0 Å². The number of nitrogens with one attached hydrogen (secondary N) is 1. The fraction of sp³-hybridized carbons (Fsp3) is 0.562. The molecule has 19 heavy (non-hydrogen) atoms. The lowest BCUT2D eigenvalue weighted by Gasteiger charge is -2.30. The Balaban J connectivity index is 2.09. The van der Waals surface area contributed by atoms with Gasteiger partial charge in [-0.15, -0.1) is 11.6 Å². The largest absolute Gasteiger partial charge is 0.349 e. The third kappa shape index (κ3) is 3.30. The van der Waals surface area contributed by atoms with Crippen molar-refractivity contribution in [1.82, 2.24) is 5.32 Å². The molecule has 0 aromatic heterocycles. The summed E-state index contributed by atoms with van der Waals surface area (Å²) >= 11 is 6.09. The van der Waals surface area contributed by atoms with E-state index in [1.165, 1.54) is 0 Å². The molecule has 0 radical (unpaired) electrons. The molecule has 1 aliphatic rings. The maximum Gasteiger partial charge on any atom is 0.227 e. The van der Waals surface area contributed by atoms with Gasteiger partial charge in [0.2, 0.25) is 5.91 Å². The van der Waals surface area contributed by atoms with Crippen molar-refractivity contribution in [2.75, 3.05) is 5.88 Å². The Morgan fingerprint density at radius 2 is 1.95 bits per heavy atom. The van der Waals surface area contributed by atoms with Crippen LogP contribution in [0.4, 0.5) is 0 Å². The SMILES string of the molecule is CCC(C(=O)NC1(CCl)CCCC1)c1ccccc1. The molecule has 0 aliphatic heterocycles. The van der Waals surface area contributed by atoms with Crippen LogP contribution in [0.2, 0.25) is 0 Å². The van der Waals surface area contributed by atoms with Crippen LogP contribution >= 0.6 is 11.6 Å². The number of benzene rings is 1. The van der Waals surface area contributed by atoms with Gasteiger partial charge in [-0.2, -0.15) is 0 Å². The van der Waals surface area contributed by atoms with Gasteiger partial charge in [0.1, 0.15) is 0 Å². The first-order valence-corrected chi connectivity index (χ1v) is 7.67. The zero-order valence-corrected chi connectivity index (χ0v) is 12.2. The summed E-state index contributed by atoms with van der Waals surface area (Å²) < 4.78 is 0. The minimum absolute atomic E-state index is 0.0677. The highest BCUT2D eigenvalue weighted by Gasteiger charge is 2.36. The van der Waals surface area contributed by atoms with Crippen molar-refractivity contribution in [2.24, 2.45) is 0 Å². The summed E-state index contributed by atoms with van der Waals surface area (Å²) in [6, 6.07) is 9.99. The number of carbonyl (C=O) groups excluding carboxylic acids is 1. The van der Waals surface area contributed by atoms with Crippen LogP contribution in [-0.2, 0) is 4.79 Å².